The van der Waals surface area contributed by atoms with E-state index in [1.165, 1.54) is 14.2 Å². The van der Waals surface area contributed by atoms with Gasteiger partial charge in [0.15, 0.2) is 5.58 Å². The summed E-state index contributed by atoms with van der Waals surface area (Å²) in [5.41, 5.74) is 2.17. The zero-order valence-electron chi connectivity index (χ0n) is 14.2. The number of hydrogen-bond donors (Lipinski definition) is 0. The number of nitrogens with zero attached hydrogens (tertiary/aromatic N) is 3. The van der Waals surface area contributed by atoms with Gasteiger partial charge >= 0.3 is 6.01 Å². The lowest BCUT2D eigenvalue weighted by molar-refractivity contribution is 0.348. The van der Waals surface area contributed by atoms with Gasteiger partial charge in [-0.3, -0.25) is 0 Å². The van der Waals surface area contributed by atoms with Crippen LogP contribution in [0.25, 0.3) is 22.6 Å². The van der Waals surface area contributed by atoms with Crippen molar-refractivity contribution >= 4 is 11.1 Å². The quantitative estimate of drug-likeness (QED) is 0.537. The third kappa shape index (κ3) is 3.02. The fourth-order valence-electron chi connectivity index (χ4n) is 2.46. The summed E-state index contributed by atoms with van der Waals surface area (Å²) in [6.45, 7) is 0. The molecule has 0 atom stereocenters. The molecule has 0 N–H and O–H groups in total. The predicted octanol–water partition coefficient (Wildman–Crippen LogP) is 4.09. The maximum atomic E-state index is 5.86. The Morgan fingerprint density at radius 1 is 0.808 bits per heavy atom. The Kier molecular flexibility index (Phi) is 4.10. The van der Waals surface area contributed by atoms with Crippen LogP contribution in [0.1, 0.15) is 0 Å². The van der Waals surface area contributed by atoms with Crippen molar-refractivity contribution in [3.8, 4) is 35.0 Å². The van der Waals surface area contributed by atoms with Gasteiger partial charge in [0, 0.05) is 0 Å². The van der Waals surface area contributed by atoms with E-state index in [2.05, 4.69) is 15.0 Å². The molecule has 2 aromatic carbocycles. The summed E-state index contributed by atoms with van der Waals surface area (Å²) in [5, 5.41) is 0. The first-order valence-corrected chi connectivity index (χ1v) is 7.86. The van der Waals surface area contributed by atoms with Gasteiger partial charge in [-0.2, -0.15) is 9.97 Å². The van der Waals surface area contributed by atoms with Crippen molar-refractivity contribution in [2.24, 2.45) is 0 Å². The monoisotopic (exact) mass is 349 g/mol. The molecule has 0 amide bonds. The topological polar surface area (TPSA) is 79.5 Å². The van der Waals surface area contributed by atoms with Crippen molar-refractivity contribution in [3.63, 3.8) is 0 Å². The maximum absolute atomic E-state index is 5.86. The zero-order valence-corrected chi connectivity index (χ0v) is 14.2. The number of hydrogen-bond acceptors (Lipinski definition) is 7. The number of fused-ring (bicyclic) bond motifs is 1. The van der Waals surface area contributed by atoms with Crippen LogP contribution in [0.3, 0.4) is 0 Å². The minimum atomic E-state index is 0.102. The molecular formula is C19H15N3O4. The van der Waals surface area contributed by atoms with Gasteiger partial charge < -0.3 is 18.6 Å². The number of benzene rings is 2. The molecule has 0 fully saturated rings. The van der Waals surface area contributed by atoms with Gasteiger partial charge in [-0.05, 0) is 24.3 Å². The van der Waals surface area contributed by atoms with Gasteiger partial charge in [-0.25, -0.2) is 4.98 Å². The highest BCUT2D eigenvalue weighted by atomic mass is 16.5. The van der Waals surface area contributed by atoms with Crippen molar-refractivity contribution in [1.82, 2.24) is 15.0 Å². The van der Waals surface area contributed by atoms with Gasteiger partial charge in [0.05, 0.1) is 25.8 Å². The van der Waals surface area contributed by atoms with Crippen molar-refractivity contribution in [1.29, 1.82) is 0 Å². The van der Waals surface area contributed by atoms with Crippen LogP contribution in [-0.2, 0) is 0 Å². The number of aromatic nitrogens is 3. The van der Waals surface area contributed by atoms with Gasteiger partial charge in [0.25, 0.3) is 0 Å². The molecule has 0 spiro atoms. The molecule has 130 valence electrons. The summed E-state index contributed by atoms with van der Waals surface area (Å²) in [4.78, 5) is 12.9. The smallest absolute Gasteiger partial charge is 0.328 e. The highest BCUT2D eigenvalue weighted by Crippen LogP contribution is 2.34. The van der Waals surface area contributed by atoms with Gasteiger partial charge in [-0.1, -0.05) is 24.3 Å². The van der Waals surface area contributed by atoms with E-state index >= 15 is 0 Å². The Balaban J connectivity index is 1.74. The van der Waals surface area contributed by atoms with Crippen LogP contribution in [0.15, 0.2) is 59.0 Å². The maximum Gasteiger partial charge on any atom is 0.328 e. The second kappa shape index (κ2) is 6.72. The number of rotatable bonds is 5. The molecule has 0 aliphatic heterocycles. The Labute approximate surface area is 149 Å². The highest BCUT2D eigenvalue weighted by molar-refractivity contribution is 5.77. The van der Waals surface area contributed by atoms with Crippen LogP contribution in [0, 0.1) is 0 Å². The molecule has 0 bridgehead atoms. The molecule has 26 heavy (non-hydrogen) atoms. The lowest BCUT2D eigenvalue weighted by atomic mass is 10.2. The molecule has 2 aromatic heterocycles. The number of methoxy groups -OCH3 is 2. The molecule has 0 saturated heterocycles. The van der Waals surface area contributed by atoms with Gasteiger partial charge in [-0.15, -0.1) is 0 Å². The molecule has 7 heteroatoms. The SMILES string of the molecule is COc1cc(OC)nc(Oc2ccccc2-c2nc3ccccc3o2)n1. The fraction of sp³-hybridized carbons (Fsp3) is 0.105. The summed E-state index contributed by atoms with van der Waals surface area (Å²) in [7, 11) is 3.02. The van der Waals surface area contributed by atoms with E-state index < -0.39 is 0 Å². The lowest BCUT2D eigenvalue weighted by Crippen LogP contribution is -1.98. The standard InChI is InChI=1S/C19H15N3O4/c1-23-16-11-17(24-2)22-19(21-16)26-14-9-5-3-7-12(14)18-20-13-8-4-6-10-15(13)25-18/h3-11H,1-2H3. The predicted molar refractivity (Wildman–Crippen MR) is 94.7 cm³/mol. The van der Waals surface area contributed by atoms with Crippen LogP contribution < -0.4 is 14.2 Å². The Morgan fingerprint density at radius 2 is 1.50 bits per heavy atom. The van der Waals surface area contributed by atoms with Crippen LogP contribution in [0.4, 0.5) is 0 Å². The van der Waals surface area contributed by atoms with Crippen LogP contribution in [0.2, 0.25) is 0 Å². The first kappa shape index (κ1) is 15.9. The van der Waals surface area contributed by atoms with Crippen molar-refractivity contribution in [3.05, 3.63) is 54.6 Å². The summed E-state index contributed by atoms with van der Waals surface area (Å²) in [6.07, 6.45) is 0. The largest absolute Gasteiger partial charge is 0.481 e. The van der Waals surface area contributed by atoms with Crippen molar-refractivity contribution < 1.29 is 18.6 Å². The third-order valence-electron chi connectivity index (χ3n) is 3.69. The average molecular weight is 349 g/mol. The summed E-state index contributed by atoms with van der Waals surface area (Å²) in [5.74, 6) is 1.64. The number of oxazole rings is 1. The van der Waals surface area contributed by atoms with Crippen LogP contribution in [-0.4, -0.2) is 29.2 Å². The first-order chi connectivity index (χ1) is 12.8. The molecule has 0 radical (unpaired) electrons. The zero-order chi connectivity index (χ0) is 17.9. The third-order valence-corrected chi connectivity index (χ3v) is 3.69. The second-order valence-electron chi connectivity index (χ2n) is 5.32. The van der Waals surface area contributed by atoms with E-state index in [0.717, 1.165) is 5.52 Å². The Hall–Kier alpha value is -3.61. The van der Waals surface area contributed by atoms with E-state index in [-0.39, 0.29) is 6.01 Å². The average Bonchev–Trinajstić information content (AvgIpc) is 3.12. The molecule has 0 saturated carbocycles. The van der Waals surface area contributed by atoms with E-state index in [9.17, 15) is 0 Å². The highest BCUT2D eigenvalue weighted by Gasteiger charge is 2.15. The van der Waals surface area contributed by atoms with Gasteiger partial charge in [0.1, 0.15) is 11.3 Å². The Morgan fingerprint density at radius 3 is 2.23 bits per heavy atom. The molecule has 0 aliphatic rings. The number of para-hydroxylation sites is 3. The summed E-state index contributed by atoms with van der Waals surface area (Å²) in [6, 6.07) is 16.6. The van der Waals surface area contributed by atoms with Crippen molar-refractivity contribution in [2.45, 2.75) is 0 Å². The molecule has 7 nitrogen and oxygen atoms in total. The minimum absolute atomic E-state index is 0.102. The second-order valence-corrected chi connectivity index (χ2v) is 5.32. The van der Waals surface area contributed by atoms with E-state index in [1.807, 2.05) is 42.5 Å². The van der Waals surface area contributed by atoms with E-state index in [4.69, 9.17) is 18.6 Å². The van der Waals surface area contributed by atoms with E-state index in [1.54, 1.807) is 12.1 Å². The molecule has 0 aliphatic carbocycles. The first-order valence-electron chi connectivity index (χ1n) is 7.86. The molecule has 4 aromatic rings. The normalized spacial score (nSPS) is 10.7. The van der Waals surface area contributed by atoms with Crippen molar-refractivity contribution in [2.75, 3.05) is 14.2 Å². The van der Waals surface area contributed by atoms with E-state index in [0.29, 0.717) is 34.5 Å². The molecule has 4 rings (SSSR count). The number of ether oxygens (including phenoxy) is 3. The summed E-state index contributed by atoms with van der Waals surface area (Å²) >= 11 is 0. The molecular weight excluding hydrogens is 334 g/mol. The minimum Gasteiger partial charge on any atom is -0.481 e. The summed E-state index contributed by atoms with van der Waals surface area (Å²) < 4.78 is 22.0. The Bertz CT molecular complexity index is 1010. The van der Waals surface area contributed by atoms with Crippen LogP contribution >= 0.6 is 0 Å². The lowest BCUT2D eigenvalue weighted by Gasteiger charge is -2.09. The fourth-order valence-corrected chi connectivity index (χ4v) is 2.46. The van der Waals surface area contributed by atoms with Crippen LogP contribution in [0.5, 0.6) is 23.5 Å². The molecule has 2 heterocycles. The molecule has 0 unspecified atom stereocenters. The van der Waals surface area contributed by atoms with Gasteiger partial charge in [0.2, 0.25) is 17.7 Å².